The van der Waals surface area contributed by atoms with E-state index in [1.165, 1.54) is 0 Å². The van der Waals surface area contributed by atoms with E-state index in [4.69, 9.17) is 0 Å². The third-order valence-corrected chi connectivity index (χ3v) is 3.44. The molecule has 0 heterocycles. The van der Waals surface area contributed by atoms with Crippen LogP contribution in [0.1, 0.15) is 32.6 Å². The maximum atomic E-state index is 11.8. The molecule has 0 spiro atoms. The predicted molar refractivity (Wildman–Crippen MR) is 62.0 cm³/mol. The Hall–Kier alpha value is -0.610. The SMILES string of the molecule is CCN(C(=O)CNCC(O)C1CC1)C1CC1. The molecular weight excluding hydrogens is 204 g/mol. The van der Waals surface area contributed by atoms with Crippen LogP contribution in [0.25, 0.3) is 0 Å². The quantitative estimate of drug-likeness (QED) is 0.659. The number of hydrogen-bond donors (Lipinski definition) is 2. The Bertz CT molecular complexity index is 249. The average Bonchev–Trinajstić information content (AvgIpc) is 3.12. The van der Waals surface area contributed by atoms with Gasteiger partial charge in [-0.2, -0.15) is 0 Å². The van der Waals surface area contributed by atoms with Crippen LogP contribution in [0.4, 0.5) is 0 Å². The topological polar surface area (TPSA) is 52.6 Å². The van der Waals surface area contributed by atoms with Gasteiger partial charge in [0, 0.05) is 19.1 Å². The van der Waals surface area contributed by atoms with E-state index in [0.29, 0.717) is 25.0 Å². The second-order valence-corrected chi connectivity index (χ2v) is 4.95. The number of amides is 1. The molecule has 2 aliphatic carbocycles. The highest BCUT2D eigenvalue weighted by atomic mass is 16.3. The smallest absolute Gasteiger partial charge is 0.236 e. The van der Waals surface area contributed by atoms with Gasteiger partial charge in [0.1, 0.15) is 0 Å². The first-order valence-electron chi connectivity index (χ1n) is 6.40. The van der Waals surface area contributed by atoms with E-state index in [1.54, 1.807) is 0 Å². The number of aliphatic hydroxyl groups excluding tert-OH is 1. The summed E-state index contributed by atoms with van der Waals surface area (Å²) in [7, 11) is 0. The first kappa shape index (κ1) is 11.9. The highest BCUT2D eigenvalue weighted by Gasteiger charge is 2.32. The van der Waals surface area contributed by atoms with Crippen LogP contribution >= 0.6 is 0 Å². The van der Waals surface area contributed by atoms with Gasteiger partial charge in [-0.1, -0.05) is 0 Å². The van der Waals surface area contributed by atoms with Crippen LogP contribution in [-0.4, -0.2) is 47.7 Å². The van der Waals surface area contributed by atoms with Crippen molar-refractivity contribution in [3.8, 4) is 0 Å². The van der Waals surface area contributed by atoms with Crippen molar-refractivity contribution in [1.29, 1.82) is 0 Å². The Morgan fingerprint density at radius 2 is 2.12 bits per heavy atom. The summed E-state index contributed by atoms with van der Waals surface area (Å²) in [5.41, 5.74) is 0. The molecule has 0 aromatic rings. The van der Waals surface area contributed by atoms with Gasteiger partial charge in [-0.05, 0) is 38.5 Å². The van der Waals surface area contributed by atoms with Crippen LogP contribution in [-0.2, 0) is 4.79 Å². The van der Waals surface area contributed by atoms with Crippen LogP contribution in [0.3, 0.4) is 0 Å². The summed E-state index contributed by atoms with van der Waals surface area (Å²) in [6, 6.07) is 0.493. The first-order valence-corrected chi connectivity index (χ1v) is 6.40. The molecule has 2 aliphatic rings. The molecule has 92 valence electrons. The molecule has 0 saturated heterocycles. The van der Waals surface area contributed by atoms with Gasteiger partial charge in [-0.25, -0.2) is 0 Å². The summed E-state index contributed by atoms with van der Waals surface area (Å²) in [5, 5.41) is 12.7. The van der Waals surface area contributed by atoms with Crippen molar-refractivity contribution >= 4 is 5.91 Å². The van der Waals surface area contributed by atoms with Gasteiger partial charge in [0.2, 0.25) is 5.91 Å². The van der Waals surface area contributed by atoms with Gasteiger partial charge >= 0.3 is 0 Å². The zero-order chi connectivity index (χ0) is 11.5. The van der Waals surface area contributed by atoms with Gasteiger partial charge in [0.25, 0.3) is 0 Å². The zero-order valence-corrected chi connectivity index (χ0v) is 9.98. The van der Waals surface area contributed by atoms with Crippen molar-refractivity contribution in [3.05, 3.63) is 0 Å². The number of rotatable bonds is 7. The van der Waals surface area contributed by atoms with Crippen LogP contribution in [0.2, 0.25) is 0 Å². The molecule has 0 radical (unpaired) electrons. The van der Waals surface area contributed by atoms with Crippen LogP contribution in [0, 0.1) is 5.92 Å². The van der Waals surface area contributed by atoms with Gasteiger partial charge in [-0.3, -0.25) is 4.79 Å². The Morgan fingerprint density at radius 3 is 2.62 bits per heavy atom. The third kappa shape index (κ3) is 3.19. The molecule has 0 bridgehead atoms. The lowest BCUT2D eigenvalue weighted by Crippen LogP contribution is -2.41. The van der Waals surface area contributed by atoms with Gasteiger partial charge in [-0.15, -0.1) is 0 Å². The van der Waals surface area contributed by atoms with E-state index in [9.17, 15) is 9.90 Å². The molecule has 2 saturated carbocycles. The number of carbonyl (C=O) groups is 1. The summed E-state index contributed by atoms with van der Waals surface area (Å²) in [5.74, 6) is 0.654. The van der Waals surface area contributed by atoms with Crippen molar-refractivity contribution in [2.75, 3.05) is 19.6 Å². The number of nitrogens with one attached hydrogen (secondary N) is 1. The standard InChI is InChI=1S/C12H22N2O2/c1-2-14(10-5-6-10)12(16)8-13-7-11(15)9-3-4-9/h9-11,13,15H,2-8H2,1H3. The lowest BCUT2D eigenvalue weighted by Gasteiger charge is -2.21. The van der Waals surface area contributed by atoms with Crippen molar-refractivity contribution < 1.29 is 9.90 Å². The van der Waals surface area contributed by atoms with Crippen LogP contribution in [0.5, 0.6) is 0 Å². The molecule has 4 nitrogen and oxygen atoms in total. The summed E-state index contributed by atoms with van der Waals surface area (Å²) in [6.45, 7) is 3.75. The van der Waals surface area contributed by atoms with Gasteiger partial charge in [0.15, 0.2) is 0 Å². The number of aliphatic hydroxyl groups is 1. The molecule has 0 aliphatic heterocycles. The van der Waals surface area contributed by atoms with E-state index in [1.807, 2.05) is 11.8 Å². The average molecular weight is 226 g/mol. The molecule has 4 heteroatoms. The predicted octanol–water partition coefficient (Wildman–Crippen LogP) is 0.358. The fraction of sp³-hybridized carbons (Fsp3) is 0.917. The summed E-state index contributed by atoms with van der Waals surface area (Å²) < 4.78 is 0. The second kappa shape index (κ2) is 5.15. The molecule has 2 rings (SSSR count). The molecule has 2 fully saturated rings. The minimum Gasteiger partial charge on any atom is -0.392 e. The van der Waals surface area contributed by atoms with Crippen LogP contribution in [0.15, 0.2) is 0 Å². The lowest BCUT2D eigenvalue weighted by atomic mass is 10.2. The number of carbonyl (C=O) groups excluding carboxylic acids is 1. The maximum absolute atomic E-state index is 11.8. The van der Waals surface area contributed by atoms with Crippen molar-refractivity contribution in [3.63, 3.8) is 0 Å². The van der Waals surface area contributed by atoms with E-state index in [0.717, 1.165) is 32.2 Å². The first-order chi connectivity index (χ1) is 7.72. The van der Waals surface area contributed by atoms with Crippen LogP contribution < -0.4 is 5.32 Å². The molecule has 0 aromatic carbocycles. The fourth-order valence-corrected chi connectivity index (χ4v) is 2.10. The van der Waals surface area contributed by atoms with Crippen molar-refractivity contribution in [2.24, 2.45) is 5.92 Å². The summed E-state index contributed by atoms with van der Waals surface area (Å²) >= 11 is 0. The molecule has 1 atom stereocenters. The molecule has 16 heavy (non-hydrogen) atoms. The zero-order valence-electron chi connectivity index (χ0n) is 9.98. The molecule has 2 N–H and O–H groups in total. The fourth-order valence-electron chi connectivity index (χ4n) is 2.10. The molecule has 1 unspecified atom stereocenters. The third-order valence-electron chi connectivity index (χ3n) is 3.44. The monoisotopic (exact) mass is 226 g/mol. The Morgan fingerprint density at radius 1 is 1.44 bits per heavy atom. The van der Waals surface area contributed by atoms with Crippen molar-refractivity contribution in [2.45, 2.75) is 44.8 Å². The van der Waals surface area contributed by atoms with E-state index in [-0.39, 0.29) is 12.0 Å². The Labute approximate surface area is 97.0 Å². The molecular formula is C12H22N2O2. The van der Waals surface area contributed by atoms with Gasteiger partial charge < -0.3 is 15.3 Å². The highest BCUT2D eigenvalue weighted by Crippen LogP contribution is 2.32. The Balaban J connectivity index is 1.62. The summed E-state index contributed by atoms with van der Waals surface area (Å²) in [4.78, 5) is 13.7. The largest absolute Gasteiger partial charge is 0.392 e. The Kier molecular flexibility index (Phi) is 3.82. The molecule has 0 aromatic heterocycles. The van der Waals surface area contributed by atoms with Crippen molar-refractivity contribution in [1.82, 2.24) is 10.2 Å². The highest BCUT2D eigenvalue weighted by molar-refractivity contribution is 5.78. The second-order valence-electron chi connectivity index (χ2n) is 4.95. The van der Waals surface area contributed by atoms with E-state index >= 15 is 0 Å². The minimum absolute atomic E-state index is 0.174. The van der Waals surface area contributed by atoms with E-state index < -0.39 is 0 Å². The maximum Gasteiger partial charge on any atom is 0.236 e. The lowest BCUT2D eigenvalue weighted by molar-refractivity contribution is -0.130. The van der Waals surface area contributed by atoms with Gasteiger partial charge in [0.05, 0.1) is 12.6 Å². The summed E-state index contributed by atoms with van der Waals surface area (Å²) in [6.07, 6.45) is 4.33. The number of hydrogen-bond acceptors (Lipinski definition) is 3. The number of likely N-dealkylation sites (N-methyl/N-ethyl adjacent to an activating group) is 1. The normalized spacial score (nSPS) is 21.9. The number of nitrogens with zero attached hydrogens (tertiary/aromatic N) is 1. The minimum atomic E-state index is -0.260. The molecule has 1 amide bonds. The van der Waals surface area contributed by atoms with E-state index in [2.05, 4.69) is 5.32 Å².